The van der Waals surface area contributed by atoms with Crippen molar-refractivity contribution in [2.45, 2.75) is 32.4 Å². The third-order valence-electron chi connectivity index (χ3n) is 3.20. The molecule has 0 bridgehead atoms. The lowest BCUT2D eigenvalue weighted by Gasteiger charge is -2.20. The Morgan fingerprint density at radius 2 is 2.11 bits per heavy atom. The average Bonchev–Trinajstić information content (AvgIpc) is 2.78. The van der Waals surface area contributed by atoms with Gasteiger partial charge < -0.3 is 4.74 Å². The summed E-state index contributed by atoms with van der Waals surface area (Å²) in [4.78, 5) is 14.0. The van der Waals surface area contributed by atoms with Gasteiger partial charge in [-0.3, -0.25) is 10.2 Å². The summed E-state index contributed by atoms with van der Waals surface area (Å²) in [5.41, 5.74) is 0.765. The Bertz CT molecular complexity index is 392. The number of amides is 1. The van der Waals surface area contributed by atoms with Gasteiger partial charge in [0.25, 0.3) is 0 Å². The zero-order valence-corrected chi connectivity index (χ0v) is 10.9. The Kier molecular flexibility index (Phi) is 4.20. The van der Waals surface area contributed by atoms with Crippen LogP contribution in [0.3, 0.4) is 0 Å². The summed E-state index contributed by atoms with van der Waals surface area (Å²) >= 11 is 0. The average molecular weight is 248 g/mol. The second kappa shape index (κ2) is 5.87. The van der Waals surface area contributed by atoms with Crippen molar-refractivity contribution in [2.75, 3.05) is 18.4 Å². The molecule has 18 heavy (non-hydrogen) atoms. The van der Waals surface area contributed by atoms with Gasteiger partial charge in [-0.1, -0.05) is 18.2 Å². The van der Waals surface area contributed by atoms with Gasteiger partial charge in [-0.2, -0.15) is 0 Å². The van der Waals surface area contributed by atoms with E-state index in [9.17, 15) is 4.79 Å². The number of nitrogens with zero attached hydrogens (tertiary/aromatic N) is 1. The molecule has 1 N–H and O–H groups in total. The first-order chi connectivity index (χ1) is 8.65. The lowest BCUT2D eigenvalue weighted by atomic mass is 10.3. The van der Waals surface area contributed by atoms with Crippen LogP contribution in [-0.2, 0) is 4.74 Å². The molecule has 1 aromatic rings. The second-order valence-corrected chi connectivity index (χ2v) is 4.90. The molecule has 1 atom stereocenters. The van der Waals surface area contributed by atoms with Crippen molar-refractivity contribution in [1.29, 1.82) is 0 Å². The van der Waals surface area contributed by atoms with Crippen molar-refractivity contribution in [2.24, 2.45) is 0 Å². The smallest absolute Gasteiger partial charge is 0.411 e. The van der Waals surface area contributed by atoms with Crippen molar-refractivity contribution in [3.63, 3.8) is 0 Å². The fraction of sp³-hybridized carbons (Fsp3) is 0.500. The molecule has 1 saturated heterocycles. The van der Waals surface area contributed by atoms with Crippen LogP contribution in [0.4, 0.5) is 10.5 Å². The van der Waals surface area contributed by atoms with Gasteiger partial charge in [-0.05, 0) is 32.4 Å². The molecule has 0 aliphatic carbocycles. The van der Waals surface area contributed by atoms with Crippen LogP contribution in [0.1, 0.15) is 20.3 Å². The summed E-state index contributed by atoms with van der Waals surface area (Å²) < 4.78 is 5.40. The molecule has 1 unspecified atom stereocenters. The zero-order valence-electron chi connectivity index (χ0n) is 10.9. The van der Waals surface area contributed by atoms with E-state index in [1.165, 1.54) is 0 Å². The second-order valence-electron chi connectivity index (χ2n) is 4.90. The van der Waals surface area contributed by atoms with Crippen molar-refractivity contribution in [3.8, 4) is 0 Å². The molecule has 4 nitrogen and oxygen atoms in total. The Morgan fingerprint density at radius 3 is 2.72 bits per heavy atom. The lowest BCUT2D eigenvalue weighted by Crippen LogP contribution is -2.31. The SMILES string of the molecule is CC(C)N1CCC(OC(=O)Nc2ccccc2)C1. The molecule has 2 rings (SSSR count). The molecule has 1 heterocycles. The van der Waals surface area contributed by atoms with E-state index in [1.54, 1.807) is 0 Å². The maximum atomic E-state index is 11.7. The van der Waals surface area contributed by atoms with Crippen LogP contribution in [0.2, 0.25) is 0 Å². The summed E-state index contributed by atoms with van der Waals surface area (Å²) in [7, 11) is 0. The molecule has 4 heteroatoms. The number of rotatable bonds is 3. The molecule has 1 amide bonds. The van der Waals surface area contributed by atoms with E-state index in [4.69, 9.17) is 4.74 Å². The highest BCUT2D eigenvalue weighted by atomic mass is 16.6. The van der Waals surface area contributed by atoms with E-state index in [-0.39, 0.29) is 12.2 Å². The van der Waals surface area contributed by atoms with Crippen molar-refractivity contribution in [1.82, 2.24) is 4.90 Å². The van der Waals surface area contributed by atoms with E-state index < -0.39 is 0 Å². The van der Waals surface area contributed by atoms with Crippen molar-refractivity contribution >= 4 is 11.8 Å². The number of carbonyl (C=O) groups is 1. The quantitative estimate of drug-likeness (QED) is 0.894. The summed E-state index contributed by atoms with van der Waals surface area (Å²) in [6.45, 7) is 6.15. The Labute approximate surface area is 108 Å². The molecule has 0 aromatic heterocycles. The highest BCUT2D eigenvalue weighted by molar-refractivity contribution is 5.84. The first kappa shape index (κ1) is 12.9. The normalized spacial score (nSPS) is 20.1. The number of para-hydroxylation sites is 1. The third-order valence-corrected chi connectivity index (χ3v) is 3.20. The molecular weight excluding hydrogens is 228 g/mol. The highest BCUT2D eigenvalue weighted by Crippen LogP contribution is 2.16. The first-order valence-electron chi connectivity index (χ1n) is 6.42. The number of anilines is 1. The molecule has 1 aliphatic heterocycles. The predicted molar refractivity (Wildman–Crippen MR) is 71.7 cm³/mol. The van der Waals surface area contributed by atoms with Gasteiger partial charge in [-0.25, -0.2) is 4.79 Å². The highest BCUT2D eigenvalue weighted by Gasteiger charge is 2.26. The maximum Gasteiger partial charge on any atom is 0.411 e. The van der Waals surface area contributed by atoms with Crippen LogP contribution in [0.5, 0.6) is 0 Å². The summed E-state index contributed by atoms with van der Waals surface area (Å²) in [5, 5.41) is 2.73. The van der Waals surface area contributed by atoms with Crippen LogP contribution in [0.15, 0.2) is 30.3 Å². The number of likely N-dealkylation sites (tertiary alicyclic amines) is 1. The molecule has 1 fully saturated rings. The van der Waals surface area contributed by atoms with E-state index in [2.05, 4.69) is 24.1 Å². The minimum atomic E-state index is -0.364. The van der Waals surface area contributed by atoms with Gasteiger partial charge in [0.05, 0.1) is 0 Å². The fourth-order valence-corrected chi connectivity index (χ4v) is 2.14. The van der Waals surface area contributed by atoms with Gasteiger partial charge in [0, 0.05) is 24.8 Å². The Hall–Kier alpha value is -1.55. The molecule has 0 radical (unpaired) electrons. The number of nitrogens with one attached hydrogen (secondary N) is 1. The van der Waals surface area contributed by atoms with Crippen molar-refractivity contribution in [3.05, 3.63) is 30.3 Å². The van der Waals surface area contributed by atoms with E-state index in [0.717, 1.165) is 25.2 Å². The first-order valence-corrected chi connectivity index (χ1v) is 6.42. The maximum absolute atomic E-state index is 11.7. The van der Waals surface area contributed by atoms with E-state index >= 15 is 0 Å². The molecule has 1 aromatic carbocycles. The van der Waals surface area contributed by atoms with E-state index in [0.29, 0.717) is 6.04 Å². The van der Waals surface area contributed by atoms with Crippen molar-refractivity contribution < 1.29 is 9.53 Å². The minimum absolute atomic E-state index is 0.0103. The van der Waals surface area contributed by atoms with Crippen LogP contribution in [0, 0.1) is 0 Å². The standard InChI is InChI=1S/C14H20N2O2/c1-11(2)16-9-8-13(10-16)18-14(17)15-12-6-4-3-5-7-12/h3-7,11,13H,8-10H2,1-2H3,(H,15,17). The van der Waals surface area contributed by atoms with Crippen LogP contribution >= 0.6 is 0 Å². The molecule has 98 valence electrons. The van der Waals surface area contributed by atoms with Gasteiger partial charge in [0.15, 0.2) is 0 Å². The lowest BCUT2D eigenvalue weighted by molar-refractivity contribution is 0.110. The van der Waals surface area contributed by atoms with Gasteiger partial charge >= 0.3 is 6.09 Å². The number of hydrogen-bond donors (Lipinski definition) is 1. The summed E-state index contributed by atoms with van der Waals surface area (Å²) in [6.07, 6.45) is 0.563. The monoisotopic (exact) mass is 248 g/mol. The predicted octanol–water partition coefficient (Wildman–Crippen LogP) is 2.72. The molecule has 1 aliphatic rings. The summed E-state index contributed by atoms with van der Waals surface area (Å²) in [5.74, 6) is 0. The summed E-state index contributed by atoms with van der Waals surface area (Å²) in [6, 6.07) is 9.87. The number of hydrogen-bond acceptors (Lipinski definition) is 3. The van der Waals surface area contributed by atoms with Gasteiger partial charge in [0.2, 0.25) is 0 Å². The number of carbonyl (C=O) groups excluding carboxylic acids is 1. The fourth-order valence-electron chi connectivity index (χ4n) is 2.14. The number of ether oxygens (including phenoxy) is 1. The van der Waals surface area contributed by atoms with Crippen LogP contribution in [-0.4, -0.2) is 36.2 Å². The number of benzene rings is 1. The Balaban J connectivity index is 1.79. The zero-order chi connectivity index (χ0) is 13.0. The topological polar surface area (TPSA) is 41.6 Å². The molecule has 0 saturated carbocycles. The van der Waals surface area contributed by atoms with Gasteiger partial charge in [0.1, 0.15) is 6.10 Å². The third kappa shape index (κ3) is 3.47. The van der Waals surface area contributed by atoms with Crippen LogP contribution in [0.25, 0.3) is 0 Å². The van der Waals surface area contributed by atoms with Crippen LogP contribution < -0.4 is 5.32 Å². The Morgan fingerprint density at radius 1 is 1.39 bits per heavy atom. The molecular formula is C14H20N2O2. The van der Waals surface area contributed by atoms with Gasteiger partial charge in [-0.15, -0.1) is 0 Å². The van der Waals surface area contributed by atoms with E-state index in [1.807, 2.05) is 30.3 Å². The molecule has 0 spiro atoms. The minimum Gasteiger partial charge on any atom is -0.445 e. The largest absolute Gasteiger partial charge is 0.445 e.